The van der Waals surface area contributed by atoms with Gasteiger partial charge in [0, 0.05) is 32.8 Å². The van der Waals surface area contributed by atoms with Crippen molar-refractivity contribution in [3.8, 4) is 27.4 Å². The standard InChI is InChI=1S/C28H24ClN3O5S2/c1-15(2)39(35,36)18-10-8-17(9-11-18)22-14-31-27-25(32-22)20(13-30-27)24-12-23(26(38-24)28(33)34)37-16(3)19-6-4-5-7-21(19)29/h4-16H,1-3H3,(H,30,31)(H,33,34)/t16-/m1/s1. The van der Waals surface area contributed by atoms with Gasteiger partial charge in [-0.1, -0.05) is 41.9 Å². The lowest BCUT2D eigenvalue weighted by Gasteiger charge is -2.15. The summed E-state index contributed by atoms with van der Waals surface area (Å²) < 4.78 is 31.0. The van der Waals surface area contributed by atoms with Crippen LogP contribution in [0.2, 0.25) is 5.02 Å². The highest BCUT2D eigenvalue weighted by Crippen LogP contribution is 2.41. The van der Waals surface area contributed by atoms with E-state index in [-0.39, 0.29) is 15.5 Å². The van der Waals surface area contributed by atoms with Crippen LogP contribution in [-0.4, -0.2) is 39.7 Å². The number of thiophene rings is 1. The molecule has 0 aliphatic heterocycles. The van der Waals surface area contributed by atoms with Crippen LogP contribution < -0.4 is 4.74 Å². The Morgan fingerprint density at radius 2 is 1.82 bits per heavy atom. The molecule has 1 atom stereocenters. The first-order chi connectivity index (χ1) is 18.6. The van der Waals surface area contributed by atoms with Gasteiger partial charge in [0.1, 0.15) is 17.4 Å². The number of fused-ring (bicyclic) bond motifs is 1. The number of carbonyl (C=O) groups is 1. The number of aromatic nitrogens is 3. The minimum atomic E-state index is -3.39. The predicted molar refractivity (Wildman–Crippen MR) is 152 cm³/mol. The number of nitrogens with zero attached hydrogens (tertiary/aromatic N) is 2. The smallest absolute Gasteiger partial charge is 0.349 e. The lowest BCUT2D eigenvalue weighted by molar-refractivity contribution is 0.0695. The molecular weight excluding hydrogens is 558 g/mol. The highest BCUT2D eigenvalue weighted by atomic mass is 35.5. The quantitative estimate of drug-likeness (QED) is 0.202. The maximum absolute atomic E-state index is 12.5. The molecule has 0 spiro atoms. The van der Waals surface area contributed by atoms with Crippen molar-refractivity contribution >= 4 is 49.9 Å². The van der Waals surface area contributed by atoms with E-state index >= 15 is 0 Å². The zero-order valence-electron chi connectivity index (χ0n) is 21.2. The third kappa shape index (κ3) is 5.15. The first kappa shape index (κ1) is 26.9. The van der Waals surface area contributed by atoms with Crippen LogP contribution in [0.15, 0.2) is 71.9 Å². The average Bonchev–Trinajstić information content (AvgIpc) is 3.52. The molecule has 0 aliphatic carbocycles. The van der Waals surface area contributed by atoms with E-state index in [1.165, 1.54) is 0 Å². The molecule has 0 radical (unpaired) electrons. The number of hydrogen-bond donors (Lipinski definition) is 2. The summed E-state index contributed by atoms with van der Waals surface area (Å²) in [4.78, 5) is 25.3. The number of nitrogens with one attached hydrogen (secondary N) is 1. The Bertz CT molecular complexity index is 1790. The van der Waals surface area contributed by atoms with Gasteiger partial charge in [0.25, 0.3) is 0 Å². The van der Waals surface area contributed by atoms with E-state index in [4.69, 9.17) is 21.3 Å². The molecule has 3 aromatic heterocycles. The molecule has 0 saturated heterocycles. The molecule has 5 rings (SSSR count). The largest absolute Gasteiger partial charge is 0.484 e. The molecule has 5 aromatic rings. The lowest BCUT2D eigenvalue weighted by atomic mass is 10.1. The third-order valence-electron chi connectivity index (χ3n) is 6.28. The number of ether oxygens (including phenoxy) is 1. The molecule has 3 heterocycles. The fraction of sp³-hybridized carbons (Fsp3) is 0.179. The van der Waals surface area contributed by atoms with Crippen LogP contribution in [0.3, 0.4) is 0 Å². The number of carboxylic acids is 1. The second-order valence-corrected chi connectivity index (χ2v) is 13.1. The monoisotopic (exact) mass is 581 g/mol. The molecule has 8 nitrogen and oxygen atoms in total. The molecule has 0 aliphatic rings. The van der Waals surface area contributed by atoms with Crippen molar-refractivity contribution in [2.45, 2.75) is 37.0 Å². The third-order valence-corrected chi connectivity index (χ3v) is 9.94. The van der Waals surface area contributed by atoms with E-state index in [0.717, 1.165) is 16.9 Å². The number of sulfone groups is 1. The van der Waals surface area contributed by atoms with Gasteiger partial charge in [0.05, 0.1) is 22.0 Å². The number of H-pyrrole nitrogens is 1. The van der Waals surface area contributed by atoms with Gasteiger partial charge in [-0.05, 0) is 45.0 Å². The second-order valence-electron chi connectivity index (χ2n) is 9.16. The summed E-state index contributed by atoms with van der Waals surface area (Å²) in [5.74, 6) is -0.869. The summed E-state index contributed by atoms with van der Waals surface area (Å²) in [7, 11) is -3.39. The van der Waals surface area contributed by atoms with Crippen molar-refractivity contribution in [3.05, 3.63) is 82.5 Å². The van der Waals surface area contributed by atoms with E-state index < -0.39 is 27.2 Å². The van der Waals surface area contributed by atoms with E-state index in [9.17, 15) is 18.3 Å². The Morgan fingerprint density at radius 1 is 1.10 bits per heavy atom. The van der Waals surface area contributed by atoms with Crippen LogP contribution in [-0.2, 0) is 9.84 Å². The van der Waals surface area contributed by atoms with Crippen LogP contribution in [0, 0.1) is 0 Å². The molecule has 2 aromatic carbocycles. The summed E-state index contributed by atoms with van der Waals surface area (Å²) in [5.41, 5.74) is 3.76. The number of benzene rings is 2. The molecule has 0 amide bonds. The van der Waals surface area contributed by atoms with Crippen molar-refractivity contribution in [2.75, 3.05) is 0 Å². The molecular formula is C28H24ClN3O5S2. The summed E-state index contributed by atoms with van der Waals surface area (Å²) in [5, 5.41) is 9.87. The van der Waals surface area contributed by atoms with Crippen LogP contribution in [0.5, 0.6) is 5.75 Å². The summed E-state index contributed by atoms with van der Waals surface area (Å²) in [6, 6.07) is 15.5. The molecule has 0 bridgehead atoms. The van der Waals surface area contributed by atoms with Crippen molar-refractivity contribution in [3.63, 3.8) is 0 Å². The number of carboxylic acid groups (broad SMARTS) is 1. The Morgan fingerprint density at radius 3 is 2.49 bits per heavy atom. The van der Waals surface area contributed by atoms with E-state index in [0.29, 0.717) is 37.9 Å². The Hall–Kier alpha value is -3.73. The average molecular weight is 582 g/mol. The number of aromatic carboxylic acids is 1. The van der Waals surface area contributed by atoms with E-state index in [1.54, 1.807) is 62.6 Å². The van der Waals surface area contributed by atoms with Gasteiger partial charge in [-0.3, -0.25) is 0 Å². The minimum Gasteiger partial charge on any atom is -0.484 e. The van der Waals surface area contributed by atoms with Crippen LogP contribution in [0.25, 0.3) is 32.9 Å². The number of aromatic amines is 1. The molecule has 11 heteroatoms. The van der Waals surface area contributed by atoms with Gasteiger partial charge in [-0.25, -0.2) is 23.2 Å². The topological polar surface area (TPSA) is 122 Å². The van der Waals surface area contributed by atoms with Crippen LogP contribution in [0.1, 0.15) is 42.1 Å². The van der Waals surface area contributed by atoms with Crippen molar-refractivity contribution < 1.29 is 23.1 Å². The van der Waals surface area contributed by atoms with Crippen LogP contribution in [0.4, 0.5) is 0 Å². The summed E-state index contributed by atoms with van der Waals surface area (Å²) in [6.07, 6.45) is 2.85. The van der Waals surface area contributed by atoms with Gasteiger partial charge in [0.2, 0.25) is 0 Å². The molecule has 2 N–H and O–H groups in total. The summed E-state index contributed by atoms with van der Waals surface area (Å²) >= 11 is 7.39. The highest BCUT2D eigenvalue weighted by Gasteiger charge is 2.23. The second kappa shape index (κ2) is 10.4. The fourth-order valence-corrected chi connectivity index (χ4v) is 6.40. The van der Waals surface area contributed by atoms with Gasteiger partial charge >= 0.3 is 5.97 Å². The molecule has 39 heavy (non-hydrogen) atoms. The summed E-state index contributed by atoms with van der Waals surface area (Å²) in [6.45, 7) is 5.10. The van der Waals surface area contributed by atoms with E-state index in [1.807, 2.05) is 25.1 Å². The number of halogens is 1. The number of hydrogen-bond acceptors (Lipinski definition) is 7. The fourth-order valence-electron chi connectivity index (χ4n) is 4.11. The van der Waals surface area contributed by atoms with Gasteiger partial charge in [-0.2, -0.15) is 0 Å². The molecule has 200 valence electrons. The Kier molecular flexibility index (Phi) is 7.19. The first-order valence-corrected chi connectivity index (χ1v) is 14.8. The molecule has 0 saturated carbocycles. The van der Waals surface area contributed by atoms with Crippen molar-refractivity contribution in [1.82, 2.24) is 15.0 Å². The maximum Gasteiger partial charge on any atom is 0.349 e. The van der Waals surface area contributed by atoms with Crippen LogP contribution >= 0.6 is 22.9 Å². The SMILES string of the molecule is CC(C)S(=O)(=O)c1ccc(-c2cnc3[nH]cc(-c4cc(O[C@H](C)c5ccccc5Cl)c(C(=O)O)s4)c3n2)cc1. The Balaban J connectivity index is 1.51. The van der Waals surface area contributed by atoms with Crippen molar-refractivity contribution in [1.29, 1.82) is 0 Å². The molecule has 0 unspecified atom stereocenters. The zero-order valence-corrected chi connectivity index (χ0v) is 23.6. The van der Waals surface area contributed by atoms with Crippen molar-refractivity contribution in [2.24, 2.45) is 0 Å². The molecule has 0 fully saturated rings. The van der Waals surface area contributed by atoms with Gasteiger partial charge in [0.15, 0.2) is 20.4 Å². The lowest BCUT2D eigenvalue weighted by Crippen LogP contribution is -2.13. The normalized spacial score (nSPS) is 12.6. The van der Waals surface area contributed by atoms with E-state index in [2.05, 4.69) is 9.97 Å². The van der Waals surface area contributed by atoms with Gasteiger partial charge in [-0.15, -0.1) is 11.3 Å². The zero-order chi connectivity index (χ0) is 27.9. The first-order valence-electron chi connectivity index (χ1n) is 12.0. The number of rotatable bonds is 8. The van der Waals surface area contributed by atoms with Gasteiger partial charge < -0.3 is 14.8 Å². The Labute approximate surface area is 234 Å². The highest BCUT2D eigenvalue weighted by molar-refractivity contribution is 7.92. The predicted octanol–water partition coefficient (Wildman–Crippen LogP) is 7.03. The maximum atomic E-state index is 12.5. The minimum absolute atomic E-state index is 0.0596.